The molecule has 0 atom stereocenters. The van der Waals surface area contributed by atoms with Crippen molar-refractivity contribution in [2.45, 2.75) is 24.9 Å². The molecule has 1 aromatic heterocycles. The van der Waals surface area contributed by atoms with Gasteiger partial charge in [0.05, 0.1) is 6.20 Å². The van der Waals surface area contributed by atoms with Gasteiger partial charge in [-0.1, -0.05) is 0 Å². The van der Waals surface area contributed by atoms with Gasteiger partial charge in [0, 0.05) is 6.04 Å². The molecule has 0 aliphatic heterocycles. The number of aromatic nitrogens is 2. The number of hydrogen-bond donors (Lipinski definition) is 1. The maximum absolute atomic E-state index is 10.9. The summed E-state index contributed by atoms with van der Waals surface area (Å²) in [6.07, 6.45) is 1.42. The van der Waals surface area contributed by atoms with Crippen LogP contribution in [0.1, 0.15) is 19.9 Å². The third-order valence-corrected chi connectivity index (χ3v) is 2.32. The third kappa shape index (κ3) is 1.64. The summed E-state index contributed by atoms with van der Waals surface area (Å²) in [5, 5.41) is 8.84. The maximum atomic E-state index is 10.9. The lowest BCUT2D eigenvalue weighted by atomic mass is 10.4. The van der Waals surface area contributed by atoms with Crippen molar-refractivity contribution in [3.05, 3.63) is 12.3 Å². The van der Waals surface area contributed by atoms with Gasteiger partial charge in [-0.3, -0.25) is 4.68 Å². The van der Waals surface area contributed by atoms with Crippen molar-refractivity contribution in [2.24, 2.45) is 5.14 Å². The van der Waals surface area contributed by atoms with Gasteiger partial charge in [-0.2, -0.15) is 5.10 Å². The predicted molar refractivity (Wildman–Crippen MR) is 44.0 cm³/mol. The van der Waals surface area contributed by atoms with Gasteiger partial charge in [0.15, 0.2) is 5.03 Å². The van der Waals surface area contributed by atoms with Crippen molar-refractivity contribution >= 4 is 10.0 Å². The average Bonchev–Trinajstić information content (AvgIpc) is 2.30. The Labute approximate surface area is 71.2 Å². The summed E-state index contributed by atoms with van der Waals surface area (Å²) >= 11 is 0. The first-order valence-electron chi connectivity index (χ1n) is 3.49. The van der Waals surface area contributed by atoms with Crippen molar-refractivity contribution < 1.29 is 8.42 Å². The van der Waals surface area contributed by atoms with E-state index < -0.39 is 10.0 Å². The summed E-state index contributed by atoms with van der Waals surface area (Å²) in [4.78, 5) is 0. The molecule has 5 nitrogen and oxygen atoms in total. The fourth-order valence-electron chi connectivity index (χ4n) is 0.915. The Bertz CT molecular complexity index is 366. The molecule has 0 spiro atoms. The standard InChI is InChI=1S/C6H11N3O2S/c1-5(2)9-6(3-4-8-9)12(7,10)11/h3-5H,1-2H3,(H2,7,10,11). The van der Waals surface area contributed by atoms with Gasteiger partial charge < -0.3 is 0 Å². The number of nitrogens with two attached hydrogens (primary N) is 1. The second-order valence-electron chi connectivity index (χ2n) is 2.75. The van der Waals surface area contributed by atoms with E-state index in [-0.39, 0.29) is 11.1 Å². The highest BCUT2D eigenvalue weighted by Gasteiger charge is 2.15. The Hall–Kier alpha value is -0.880. The van der Waals surface area contributed by atoms with Crippen LogP contribution in [0.5, 0.6) is 0 Å². The molecule has 0 bridgehead atoms. The van der Waals surface area contributed by atoms with Crippen LogP contribution >= 0.6 is 0 Å². The summed E-state index contributed by atoms with van der Waals surface area (Å²) < 4.78 is 23.2. The zero-order valence-electron chi connectivity index (χ0n) is 6.93. The Morgan fingerprint density at radius 3 is 2.50 bits per heavy atom. The molecule has 0 saturated carbocycles. The molecule has 0 saturated heterocycles. The van der Waals surface area contributed by atoms with Crippen LogP contribution in [0.4, 0.5) is 0 Å². The molecule has 1 heterocycles. The van der Waals surface area contributed by atoms with E-state index >= 15 is 0 Å². The zero-order chi connectivity index (χ0) is 9.35. The molecule has 0 radical (unpaired) electrons. The Balaban J connectivity index is 3.26. The fourth-order valence-corrected chi connectivity index (χ4v) is 1.68. The highest BCUT2D eigenvalue weighted by molar-refractivity contribution is 7.89. The minimum atomic E-state index is -3.63. The van der Waals surface area contributed by atoms with Gasteiger partial charge in [0.1, 0.15) is 0 Å². The minimum absolute atomic E-state index is 0.00618. The highest BCUT2D eigenvalue weighted by atomic mass is 32.2. The van der Waals surface area contributed by atoms with E-state index in [1.54, 1.807) is 0 Å². The molecule has 0 unspecified atom stereocenters. The van der Waals surface area contributed by atoms with Gasteiger partial charge in [0.25, 0.3) is 10.0 Å². The fraction of sp³-hybridized carbons (Fsp3) is 0.500. The van der Waals surface area contributed by atoms with Crippen LogP contribution in [0.25, 0.3) is 0 Å². The molecule has 12 heavy (non-hydrogen) atoms. The van der Waals surface area contributed by atoms with Crippen LogP contribution in [0.2, 0.25) is 0 Å². The van der Waals surface area contributed by atoms with Crippen molar-refractivity contribution in [3.63, 3.8) is 0 Å². The second kappa shape index (κ2) is 2.87. The minimum Gasteiger partial charge on any atom is -0.250 e. The summed E-state index contributed by atoms with van der Waals surface area (Å²) in [6.45, 7) is 3.67. The topological polar surface area (TPSA) is 78.0 Å². The smallest absolute Gasteiger partial charge is 0.250 e. The second-order valence-corrected chi connectivity index (χ2v) is 4.26. The lowest BCUT2D eigenvalue weighted by Gasteiger charge is -2.08. The van der Waals surface area contributed by atoms with Crippen LogP contribution in [-0.4, -0.2) is 18.2 Å². The molecule has 0 aliphatic rings. The first kappa shape index (κ1) is 9.21. The lowest BCUT2D eigenvalue weighted by molar-refractivity contribution is 0.479. The predicted octanol–water partition coefficient (Wildman–Crippen LogP) is 0.111. The van der Waals surface area contributed by atoms with Gasteiger partial charge in [-0.25, -0.2) is 13.6 Å². The first-order valence-corrected chi connectivity index (χ1v) is 5.04. The number of primary sulfonamides is 1. The average molecular weight is 189 g/mol. The summed E-state index contributed by atoms with van der Waals surface area (Å²) in [5.41, 5.74) is 0. The quantitative estimate of drug-likeness (QED) is 0.717. The van der Waals surface area contributed by atoms with Crippen LogP contribution in [-0.2, 0) is 10.0 Å². The SMILES string of the molecule is CC(C)n1nccc1S(N)(=O)=O. The number of rotatable bonds is 2. The van der Waals surface area contributed by atoms with Crippen LogP contribution in [0.3, 0.4) is 0 Å². The molecular formula is C6H11N3O2S. The normalized spacial score (nSPS) is 12.3. The van der Waals surface area contributed by atoms with Crippen molar-refractivity contribution in [1.82, 2.24) is 9.78 Å². The molecule has 2 N–H and O–H groups in total. The van der Waals surface area contributed by atoms with Gasteiger partial charge in [-0.15, -0.1) is 0 Å². The molecule has 6 heteroatoms. The van der Waals surface area contributed by atoms with E-state index in [4.69, 9.17) is 5.14 Å². The molecule has 0 aliphatic carbocycles. The molecule has 1 aromatic rings. The Kier molecular flexibility index (Phi) is 2.20. The van der Waals surface area contributed by atoms with Crippen molar-refractivity contribution in [3.8, 4) is 0 Å². The summed E-state index contributed by atoms with van der Waals surface area (Å²) in [5.74, 6) is 0. The molecule has 0 fully saturated rings. The largest absolute Gasteiger partial charge is 0.255 e. The van der Waals surface area contributed by atoms with E-state index in [0.29, 0.717) is 0 Å². The van der Waals surface area contributed by atoms with E-state index in [2.05, 4.69) is 5.10 Å². The molecule has 1 rings (SSSR count). The van der Waals surface area contributed by atoms with E-state index in [9.17, 15) is 8.42 Å². The van der Waals surface area contributed by atoms with Crippen LogP contribution in [0, 0.1) is 0 Å². The zero-order valence-corrected chi connectivity index (χ0v) is 7.75. The van der Waals surface area contributed by atoms with Crippen LogP contribution < -0.4 is 5.14 Å². The molecule has 68 valence electrons. The van der Waals surface area contributed by atoms with Crippen LogP contribution in [0.15, 0.2) is 17.3 Å². The summed E-state index contributed by atoms with van der Waals surface area (Å²) in [6, 6.07) is 1.38. The third-order valence-electron chi connectivity index (χ3n) is 1.41. The van der Waals surface area contributed by atoms with E-state index in [1.807, 2.05) is 13.8 Å². The molecular weight excluding hydrogens is 178 g/mol. The van der Waals surface area contributed by atoms with E-state index in [1.165, 1.54) is 16.9 Å². The van der Waals surface area contributed by atoms with Crippen molar-refractivity contribution in [1.29, 1.82) is 0 Å². The van der Waals surface area contributed by atoms with E-state index in [0.717, 1.165) is 0 Å². The molecule has 0 amide bonds. The Morgan fingerprint density at radius 2 is 2.17 bits per heavy atom. The maximum Gasteiger partial charge on any atom is 0.255 e. The number of nitrogens with zero attached hydrogens (tertiary/aromatic N) is 2. The Morgan fingerprint density at radius 1 is 1.58 bits per heavy atom. The van der Waals surface area contributed by atoms with Crippen molar-refractivity contribution in [2.75, 3.05) is 0 Å². The number of hydrogen-bond acceptors (Lipinski definition) is 3. The summed E-state index contributed by atoms with van der Waals surface area (Å²) in [7, 11) is -3.63. The van der Waals surface area contributed by atoms with Gasteiger partial charge in [0.2, 0.25) is 0 Å². The first-order chi connectivity index (χ1) is 5.43. The van der Waals surface area contributed by atoms with Gasteiger partial charge in [-0.05, 0) is 19.9 Å². The molecule has 0 aromatic carbocycles. The highest BCUT2D eigenvalue weighted by Crippen LogP contribution is 2.11. The monoisotopic (exact) mass is 189 g/mol. The van der Waals surface area contributed by atoms with Gasteiger partial charge >= 0.3 is 0 Å². The number of sulfonamides is 1. The lowest BCUT2D eigenvalue weighted by Crippen LogP contribution is -2.19.